The molecule has 0 radical (unpaired) electrons. The lowest BCUT2D eigenvalue weighted by molar-refractivity contribution is -0.162. The minimum absolute atomic E-state index is 0.177. The summed E-state index contributed by atoms with van der Waals surface area (Å²) in [6, 6.07) is 10.7. The zero-order chi connectivity index (χ0) is 29.7. The molecular weight excluding hydrogens is 532 g/mol. The molecule has 3 aliphatic carbocycles. The summed E-state index contributed by atoms with van der Waals surface area (Å²) >= 11 is 0. The van der Waals surface area contributed by atoms with Gasteiger partial charge in [-0.2, -0.15) is 0 Å². The molecule has 3 aromatic rings. The van der Waals surface area contributed by atoms with Crippen LogP contribution in [-0.4, -0.2) is 79.7 Å². The van der Waals surface area contributed by atoms with Crippen LogP contribution in [0.1, 0.15) is 28.8 Å². The smallest absolute Gasteiger partial charge is 0.255 e. The van der Waals surface area contributed by atoms with Gasteiger partial charge in [0.05, 0.1) is 23.6 Å². The number of nitrogens with zero attached hydrogens (tertiary/aromatic N) is 1. The molecule has 0 saturated carbocycles. The van der Waals surface area contributed by atoms with Crippen molar-refractivity contribution in [2.75, 3.05) is 14.1 Å². The van der Waals surface area contributed by atoms with Gasteiger partial charge in [0.15, 0.2) is 11.4 Å². The number of rotatable bonds is 3. The van der Waals surface area contributed by atoms with E-state index >= 15 is 0 Å². The Balaban J connectivity index is 1.62. The second kappa shape index (κ2) is 8.77. The van der Waals surface area contributed by atoms with Crippen LogP contribution in [0.25, 0.3) is 22.3 Å². The highest BCUT2D eigenvalue weighted by molar-refractivity contribution is 6.25. The maximum Gasteiger partial charge on any atom is 0.255 e. The van der Waals surface area contributed by atoms with Crippen LogP contribution in [0, 0.1) is 11.8 Å². The van der Waals surface area contributed by atoms with E-state index in [-0.39, 0.29) is 5.56 Å². The van der Waals surface area contributed by atoms with Gasteiger partial charge in [0.1, 0.15) is 34.2 Å². The van der Waals surface area contributed by atoms with Crippen LogP contribution in [0.3, 0.4) is 0 Å². The summed E-state index contributed by atoms with van der Waals surface area (Å²) in [4.78, 5) is 41.1. The molecule has 6 rings (SSSR count). The number of fused-ring (bicyclic) bond motifs is 4. The molecule has 0 saturated heterocycles. The molecule has 2 aromatic carbocycles. The molecule has 11 nitrogen and oxygen atoms in total. The molecule has 0 aliphatic heterocycles. The van der Waals surface area contributed by atoms with Crippen LogP contribution < -0.4 is 5.73 Å². The number of likely N-dealkylation sites (N-methyl/N-ethyl adjacent to an activating group) is 1. The minimum Gasteiger partial charge on any atom is -0.510 e. The number of aliphatic hydroxyl groups is 4. The summed E-state index contributed by atoms with van der Waals surface area (Å²) < 4.78 is 6.05. The van der Waals surface area contributed by atoms with Crippen LogP contribution in [0.5, 0.6) is 5.75 Å². The van der Waals surface area contributed by atoms with E-state index in [1.54, 1.807) is 25.1 Å². The molecular formula is C30H28N2O9. The Labute approximate surface area is 233 Å². The van der Waals surface area contributed by atoms with Gasteiger partial charge in [0, 0.05) is 22.4 Å². The van der Waals surface area contributed by atoms with Crippen molar-refractivity contribution in [2.24, 2.45) is 17.6 Å². The SMILES string of the molecule is CC1c2c(-c3cc4ccccc4o3)ccc(O)c2C(=O)C2=C(O)C3(O)C(=O)C(C(N)=O)=C(O)C(N(C)C)C3C(O)C21. The number of hydrogen-bond acceptors (Lipinski definition) is 10. The Morgan fingerprint density at radius 1 is 1.07 bits per heavy atom. The topological polar surface area (TPSA) is 195 Å². The number of phenolic OH excluding ortho intramolecular Hbond substituents is 1. The number of carbonyl (C=O) groups is 3. The maximum atomic E-state index is 14.0. The molecule has 0 spiro atoms. The second-order valence-corrected chi connectivity index (χ2v) is 11.1. The number of phenols is 1. The summed E-state index contributed by atoms with van der Waals surface area (Å²) in [7, 11) is 2.97. The van der Waals surface area contributed by atoms with Crippen molar-refractivity contribution in [2.45, 2.75) is 30.6 Å². The van der Waals surface area contributed by atoms with E-state index in [1.807, 2.05) is 18.2 Å². The van der Waals surface area contributed by atoms with E-state index in [0.29, 0.717) is 22.5 Å². The highest BCUT2D eigenvalue weighted by atomic mass is 16.4. The molecule has 1 amide bonds. The number of aromatic hydroxyl groups is 1. The standard InChI is InChI=1S/C30H28N2O9/c1-11-17-13(16-10-12-6-4-5-7-15(12)41-16)8-9-14(33)19(17)24(34)20-18(11)25(35)22-23(32(2)3)26(36)21(29(31)39)28(38)30(22,40)27(20)37/h4-11,18,22-23,25,33,35-37,40H,1-3H3,(H2,31,39). The first-order chi connectivity index (χ1) is 19.3. The van der Waals surface area contributed by atoms with Gasteiger partial charge in [-0.15, -0.1) is 0 Å². The number of nitrogens with two attached hydrogens (primary N) is 1. The Hall–Kier alpha value is -4.45. The number of para-hydroxylation sites is 1. The van der Waals surface area contributed by atoms with E-state index < -0.39 is 81.4 Å². The lowest BCUT2D eigenvalue weighted by Crippen LogP contribution is -2.68. The molecule has 6 atom stereocenters. The van der Waals surface area contributed by atoms with Gasteiger partial charge in [-0.25, -0.2) is 0 Å². The fourth-order valence-corrected chi connectivity index (χ4v) is 7.03. The molecule has 1 heterocycles. The highest BCUT2D eigenvalue weighted by Gasteiger charge is 2.67. The van der Waals surface area contributed by atoms with E-state index in [4.69, 9.17) is 10.2 Å². The third-order valence-corrected chi connectivity index (χ3v) is 8.80. The number of furan rings is 1. The maximum absolute atomic E-state index is 14.0. The van der Waals surface area contributed by atoms with Crippen molar-refractivity contribution in [3.63, 3.8) is 0 Å². The van der Waals surface area contributed by atoms with Crippen molar-refractivity contribution in [1.82, 2.24) is 4.90 Å². The molecule has 41 heavy (non-hydrogen) atoms. The van der Waals surface area contributed by atoms with Crippen LogP contribution in [-0.2, 0) is 9.59 Å². The van der Waals surface area contributed by atoms with Crippen molar-refractivity contribution in [1.29, 1.82) is 0 Å². The predicted octanol–water partition coefficient (Wildman–Crippen LogP) is 2.07. The number of aliphatic hydroxyl groups excluding tert-OH is 3. The van der Waals surface area contributed by atoms with E-state index in [1.165, 1.54) is 25.1 Å². The van der Waals surface area contributed by atoms with Gasteiger partial charge in [-0.3, -0.25) is 19.3 Å². The third-order valence-electron chi connectivity index (χ3n) is 8.80. The Morgan fingerprint density at radius 2 is 1.76 bits per heavy atom. The molecule has 3 aliphatic rings. The van der Waals surface area contributed by atoms with Crippen molar-refractivity contribution >= 4 is 28.4 Å². The Morgan fingerprint density at radius 3 is 2.39 bits per heavy atom. The number of Topliss-reactive ketones (excluding diaryl/α,β-unsaturated/α-hetero) is 2. The summed E-state index contributed by atoms with van der Waals surface area (Å²) in [6.07, 6.45) is -1.68. The van der Waals surface area contributed by atoms with Crippen LogP contribution >= 0.6 is 0 Å². The number of benzene rings is 2. The molecule has 212 valence electrons. The van der Waals surface area contributed by atoms with Gasteiger partial charge in [-0.05, 0) is 49.8 Å². The average Bonchev–Trinajstić information content (AvgIpc) is 3.34. The Kier molecular flexibility index (Phi) is 5.73. The second-order valence-electron chi connectivity index (χ2n) is 11.1. The number of carbonyl (C=O) groups excluding carboxylic acids is 3. The number of ketones is 2. The lowest BCUT2D eigenvalue weighted by Gasteiger charge is -2.53. The quantitative estimate of drug-likeness (QED) is 0.258. The van der Waals surface area contributed by atoms with E-state index in [2.05, 4.69) is 0 Å². The summed E-state index contributed by atoms with van der Waals surface area (Å²) in [6.45, 7) is 1.68. The molecule has 0 fully saturated rings. The molecule has 7 N–H and O–H groups in total. The largest absolute Gasteiger partial charge is 0.510 e. The molecule has 0 bridgehead atoms. The third kappa shape index (κ3) is 3.33. The van der Waals surface area contributed by atoms with Crippen LogP contribution in [0.2, 0.25) is 0 Å². The average molecular weight is 561 g/mol. The zero-order valence-corrected chi connectivity index (χ0v) is 22.3. The van der Waals surface area contributed by atoms with Crippen molar-refractivity contribution in [3.8, 4) is 17.1 Å². The minimum atomic E-state index is -2.96. The van der Waals surface area contributed by atoms with Crippen LogP contribution in [0.15, 0.2) is 69.5 Å². The molecule has 1 aromatic heterocycles. The van der Waals surface area contributed by atoms with Gasteiger partial charge >= 0.3 is 0 Å². The first kappa shape index (κ1) is 26.8. The van der Waals surface area contributed by atoms with Crippen LogP contribution in [0.4, 0.5) is 0 Å². The van der Waals surface area contributed by atoms with E-state index in [0.717, 1.165) is 5.39 Å². The molecule has 11 heteroatoms. The van der Waals surface area contributed by atoms with Gasteiger partial charge in [-0.1, -0.05) is 25.1 Å². The fourth-order valence-electron chi connectivity index (χ4n) is 7.03. The predicted molar refractivity (Wildman–Crippen MR) is 145 cm³/mol. The number of primary amides is 1. The number of amides is 1. The van der Waals surface area contributed by atoms with Gasteiger partial charge < -0.3 is 35.7 Å². The highest BCUT2D eigenvalue weighted by Crippen LogP contribution is 2.56. The van der Waals surface area contributed by atoms with Crippen molar-refractivity contribution in [3.05, 3.63) is 76.3 Å². The zero-order valence-electron chi connectivity index (χ0n) is 22.3. The van der Waals surface area contributed by atoms with Crippen molar-refractivity contribution < 1.29 is 44.3 Å². The summed E-state index contributed by atoms with van der Waals surface area (Å²) in [5, 5.41) is 57.8. The fraction of sp³-hybridized carbons (Fsp3) is 0.300. The van der Waals surface area contributed by atoms with Gasteiger partial charge in [0.25, 0.3) is 5.91 Å². The molecule has 6 unspecified atom stereocenters. The lowest BCUT2D eigenvalue weighted by atomic mass is 9.55. The first-order valence-corrected chi connectivity index (χ1v) is 13.0. The number of hydrogen-bond donors (Lipinski definition) is 6. The summed E-state index contributed by atoms with van der Waals surface area (Å²) in [5.41, 5.74) is 2.24. The Bertz CT molecular complexity index is 1720. The van der Waals surface area contributed by atoms with Gasteiger partial charge in [0.2, 0.25) is 5.78 Å². The monoisotopic (exact) mass is 560 g/mol. The summed E-state index contributed by atoms with van der Waals surface area (Å²) in [5.74, 6) is -9.03. The first-order valence-electron chi connectivity index (χ1n) is 13.0. The van der Waals surface area contributed by atoms with E-state index in [9.17, 15) is 39.9 Å². The normalized spacial score (nSPS) is 29.6.